The van der Waals surface area contributed by atoms with Crippen LogP contribution in [0.15, 0.2) is 18.2 Å². The zero-order valence-electron chi connectivity index (χ0n) is 9.46. The van der Waals surface area contributed by atoms with Crippen molar-refractivity contribution in [1.29, 1.82) is 0 Å². The Morgan fingerprint density at radius 1 is 1.21 bits per heavy atom. The molecule has 0 aliphatic heterocycles. The molecule has 0 aliphatic carbocycles. The highest BCUT2D eigenvalue weighted by Gasteiger charge is 2.16. The molecule has 0 bridgehead atoms. The van der Waals surface area contributed by atoms with Crippen LogP contribution in [0.3, 0.4) is 0 Å². The van der Waals surface area contributed by atoms with E-state index in [0.717, 1.165) is 0 Å². The van der Waals surface area contributed by atoms with Crippen LogP contribution < -0.4 is 11.3 Å². The molecule has 0 radical (unpaired) electrons. The monoisotopic (exact) mass is 192 g/mol. The number of hydrogen-bond donors (Lipinski definition) is 2. The van der Waals surface area contributed by atoms with Gasteiger partial charge >= 0.3 is 0 Å². The van der Waals surface area contributed by atoms with Gasteiger partial charge in [-0.2, -0.15) is 0 Å². The Labute approximate surface area is 86.5 Å². The van der Waals surface area contributed by atoms with E-state index in [1.54, 1.807) is 0 Å². The van der Waals surface area contributed by atoms with E-state index >= 15 is 0 Å². The minimum absolute atomic E-state index is 0.245. The second-order valence-electron chi connectivity index (χ2n) is 4.18. The molecule has 0 aromatic heterocycles. The average Bonchev–Trinajstić information content (AvgIpc) is 2.13. The molecule has 0 saturated carbocycles. The molecule has 0 spiro atoms. The fraction of sp³-hybridized carbons (Fsp3) is 0.500. The minimum Gasteiger partial charge on any atom is -0.271 e. The first-order valence-electron chi connectivity index (χ1n) is 5.10. The molecule has 1 rings (SSSR count). The first-order valence-corrected chi connectivity index (χ1v) is 5.10. The summed E-state index contributed by atoms with van der Waals surface area (Å²) in [6.45, 7) is 8.63. The quantitative estimate of drug-likeness (QED) is 0.570. The average molecular weight is 192 g/mol. The Morgan fingerprint density at radius 3 is 2.36 bits per heavy atom. The van der Waals surface area contributed by atoms with Gasteiger partial charge < -0.3 is 0 Å². The molecule has 14 heavy (non-hydrogen) atoms. The summed E-state index contributed by atoms with van der Waals surface area (Å²) < 4.78 is 0. The lowest BCUT2D eigenvalue weighted by Gasteiger charge is -2.22. The van der Waals surface area contributed by atoms with Crippen LogP contribution in [0.1, 0.15) is 36.6 Å². The van der Waals surface area contributed by atoms with Gasteiger partial charge in [-0.1, -0.05) is 32.0 Å². The van der Waals surface area contributed by atoms with Gasteiger partial charge in [-0.25, -0.2) is 0 Å². The van der Waals surface area contributed by atoms with Gasteiger partial charge in [0.25, 0.3) is 0 Å². The summed E-state index contributed by atoms with van der Waals surface area (Å²) in [6, 6.07) is 6.61. The number of hydrogen-bond acceptors (Lipinski definition) is 2. The van der Waals surface area contributed by atoms with Gasteiger partial charge in [0.15, 0.2) is 0 Å². The Bertz CT molecular complexity index is 305. The summed E-state index contributed by atoms with van der Waals surface area (Å²) in [5.74, 6) is 6.08. The molecule has 0 amide bonds. The van der Waals surface area contributed by atoms with E-state index in [9.17, 15) is 0 Å². The Hall–Kier alpha value is -0.860. The van der Waals surface area contributed by atoms with Gasteiger partial charge in [0.05, 0.1) is 0 Å². The zero-order chi connectivity index (χ0) is 10.7. The zero-order valence-corrected chi connectivity index (χ0v) is 9.46. The summed E-state index contributed by atoms with van der Waals surface area (Å²) in [6.07, 6.45) is 0. The van der Waals surface area contributed by atoms with Gasteiger partial charge in [0.2, 0.25) is 0 Å². The highest BCUT2D eigenvalue weighted by molar-refractivity contribution is 5.35. The molecule has 2 heteroatoms. The van der Waals surface area contributed by atoms with Gasteiger partial charge in [0, 0.05) is 6.04 Å². The Kier molecular flexibility index (Phi) is 3.67. The van der Waals surface area contributed by atoms with Crippen LogP contribution in [0.2, 0.25) is 0 Å². The summed E-state index contributed by atoms with van der Waals surface area (Å²) in [5, 5.41) is 0. The molecule has 2 nitrogen and oxygen atoms in total. The van der Waals surface area contributed by atoms with Gasteiger partial charge in [-0.15, -0.1) is 0 Å². The maximum absolute atomic E-state index is 5.57. The van der Waals surface area contributed by atoms with Crippen molar-refractivity contribution in [3.05, 3.63) is 34.9 Å². The highest BCUT2D eigenvalue weighted by atomic mass is 15.2. The Balaban J connectivity index is 3.10. The van der Waals surface area contributed by atoms with E-state index in [-0.39, 0.29) is 6.04 Å². The van der Waals surface area contributed by atoms with E-state index < -0.39 is 0 Å². The van der Waals surface area contributed by atoms with Crippen molar-refractivity contribution >= 4 is 0 Å². The van der Waals surface area contributed by atoms with Crippen LogP contribution in [-0.2, 0) is 0 Å². The maximum atomic E-state index is 5.57. The molecule has 0 aliphatic rings. The number of rotatable bonds is 3. The van der Waals surface area contributed by atoms with Crippen molar-refractivity contribution < 1.29 is 0 Å². The maximum Gasteiger partial charge on any atom is 0.0485 e. The van der Waals surface area contributed by atoms with Crippen molar-refractivity contribution in [2.45, 2.75) is 33.7 Å². The second-order valence-corrected chi connectivity index (χ2v) is 4.18. The van der Waals surface area contributed by atoms with Gasteiger partial charge in [-0.05, 0) is 36.5 Å². The largest absolute Gasteiger partial charge is 0.271 e. The molecule has 1 unspecified atom stereocenters. The predicted octanol–water partition coefficient (Wildman–Crippen LogP) is 2.46. The third-order valence-corrected chi connectivity index (χ3v) is 2.83. The Morgan fingerprint density at radius 2 is 1.86 bits per heavy atom. The molecule has 0 saturated heterocycles. The van der Waals surface area contributed by atoms with Crippen LogP contribution in [0, 0.1) is 19.8 Å². The van der Waals surface area contributed by atoms with Crippen LogP contribution in [0.4, 0.5) is 0 Å². The van der Waals surface area contributed by atoms with Crippen molar-refractivity contribution in [3.8, 4) is 0 Å². The van der Waals surface area contributed by atoms with Crippen molar-refractivity contribution in [2.24, 2.45) is 11.8 Å². The topological polar surface area (TPSA) is 38.0 Å². The molecule has 0 fully saturated rings. The highest BCUT2D eigenvalue weighted by Crippen LogP contribution is 2.25. The molecular weight excluding hydrogens is 172 g/mol. The predicted molar refractivity (Wildman–Crippen MR) is 60.8 cm³/mol. The van der Waals surface area contributed by atoms with E-state index in [1.807, 2.05) is 0 Å². The number of aryl methyl sites for hydroxylation is 1. The lowest BCUT2D eigenvalue weighted by atomic mass is 9.91. The van der Waals surface area contributed by atoms with Crippen LogP contribution >= 0.6 is 0 Å². The second kappa shape index (κ2) is 4.58. The first-order chi connectivity index (χ1) is 6.57. The standard InChI is InChI=1S/C12H20N2/c1-8(2)12(14-13)11-7-5-6-9(3)10(11)4/h5-8,12,14H,13H2,1-4H3. The van der Waals surface area contributed by atoms with Crippen LogP contribution in [0.25, 0.3) is 0 Å². The lowest BCUT2D eigenvalue weighted by molar-refractivity contribution is 0.419. The molecule has 3 N–H and O–H groups in total. The number of nitrogens with two attached hydrogens (primary N) is 1. The van der Waals surface area contributed by atoms with Crippen molar-refractivity contribution in [1.82, 2.24) is 5.43 Å². The summed E-state index contributed by atoms with van der Waals surface area (Å²) in [4.78, 5) is 0. The molecule has 1 atom stereocenters. The molecule has 0 heterocycles. The first kappa shape index (κ1) is 11.2. The van der Waals surface area contributed by atoms with Crippen LogP contribution in [-0.4, -0.2) is 0 Å². The van der Waals surface area contributed by atoms with E-state index in [1.165, 1.54) is 16.7 Å². The van der Waals surface area contributed by atoms with Gasteiger partial charge in [-0.3, -0.25) is 11.3 Å². The molecule has 78 valence electrons. The fourth-order valence-corrected chi connectivity index (χ4v) is 1.75. The number of hydrazine groups is 1. The van der Waals surface area contributed by atoms with E-state index in [2.05, 4.69) is 51.3 Å². The molecular formula is C12H20N2. The third-order valence-electron chi connectivity index (χ3n) is 2.83. The fourth-order valence-electron chi connectivity index (χ4n) is 1.75. The SMILES string of the molecule is Cc1cccc(C(NN)C(C)C)c1C. The molecule has 1 aromatic carbocycles. The lowest BCUT2D eigenvalue weighted by Crippen LogP contribution is -2.32. The molecule has 1 aromatic rings. The van der Waals surface area contributed by atoms with Crippen LogP contribution in [0.5, 0.6) is 0 Å². The van der Waals surface area contributed by atoms with Gasteiger partial charge in [0.1, 0.15) is 0 Å². The number of nitrogens with one attached hydrogen (secondary N) is 1. The van der Waals surface area contributed by atoms with E-state index in [0.29, 0.717) is 5.92 Å². The third kappa shape index (κ3) is 2.14. The summed E-state index contributed by atoms with van der Waals surface area (Å²) >= 11 is 0. The minimum atomic E-state index is 0.245. The van der Waals surface area contributed by atoms with Crippen molar-refractivity contribution in [2.75, 3.05) is 0 Å². The summed E-state index contributed by atoms with van der Waals surface area (Å²) in [5.41, 5.74) is 6.85. The smallest absolute Gasteiger partial charge is 0.0485 e. The van der Waals surface area contributed by atoms with E-state index in [4.69, 9.17) is 5.84 Å². The normalized spacial score (nSPS) is 13.3. The summed E-state index contributed by atoms with van der Waals surface area (Å²) in [7, 11) is 0. The van der Waals surface area contributed by atoms with Crippen molar-refractivity contribution in [3.63, 3.8) is 0 Å². The number of benzene rings is 1.